The van der Waals surface area contributed by atoms with E-state index in [1.54, 1.807) is 48.9 Å². The molecule has 0 saturated carbocycles. The van der Waals surface area contributed by atoms with Gasteiger partial charge in [-0.1, -0.05) is 38.5 Å². The molecule has 0 fully saturated rings. The fourth-order valence-corrected chi connectivity index (χ4v) is 0.815. The molecule has 0 spiro atoms. The Balaban J connectivity index is 5.02. The van der Waals surface area contributed by atoms with Crippen LogP contribution in [0.1, 0.15) is 0 Å². The predicted octanol–water partition coefficient (Wildman–Crippen LogP) is 3.64. The van der Waals surface area contributed by atoms with Gasteiger partial charge in [0.05, 0.1) is 11.4 Å². The Bertz CT molecular complexity index is 342. The first-order valence-electron chi connectivity index (χ1n) is 4.76. The van der Waals surface area contributed by atoms with E-state index in [0.29, 0.717) is 11.4 Å². The van der Waals surface area contributed by atoms with Gasteiger partial charge in [0, 0.05) is 12.4 Å². The zero-order valence-electron chi connectivity index (χ0n) is 9.34. The van der Waals surface area contributed by atoms with E-state index >= 15 is 0 Å². The minimum atomic E-state index is 0.654. The van der Waals surface area contributed by atoms with E-state index in [-0.39, 0.29) is 0 Å². The average Bonchev–Trinajstić information content (AvgIpc) is 2.31. The first kappa shape index (κ1) is 13.8. The first-order valence-corrected chi connectivity index (χ1v) is 4.76. The number of rotatable bonds is 7. The Hall–Kier alpha value is -2.22. The molecule has 0 N–H and O–H groups in total. The topological polar surface area (TPSA) is 24.7 Å². The molecule has 0 aromatic carbocycles. The van der Waals surface area contributed by atoms with Crippen LogP contribution in [0.4, 0.5) is 0 Å². The van der Waals surface area contributed by atoms with Gasteiger partial charge in [0.25, 0.3) is 0 Å². The second kappa shape index (κ2) is 9.34. The number of nitrogens with zero attached hydrogens (tertiary/aromatic N) is 2. The highest BCUT2D eigenvalue weighted by Crippen LogP contribution is 1.93. The van der Waals surface area contributed by atoms with Gasteiger partial charge in [-0.3, -0.25) is 9.98 Å². The summed E-state index contributed by atoms with van der Waals surface area (Å²) in [6, 6.07) is 0. The van der Waals surface area contributed by atoms with E-state index in [1.807, 2.05) is 0 Å². The van der Waals surface area contributed by atoms with Crippen molar-refractivity contribution in [3.8, 4) is 0 Å². The lowest BCUT2D eigenvalue weighted by atomic mass is 10.2. The van der Waals surface area contributed by atoms with Crippen LogP contribution in [0.3, 0.4) is 0 Å². The third-order valence-electron chi connectivity index (χ3n) is 1.52. The minimum Gasteiger partial charge on any atom is -0.255 e. The highest BCUT2D eigenvalue weighted by Gasteiger charge is 1.97. The summed E-state index contributed by atoms with van der Waals surface area (Å²) in [6.07, 6.45) is 13.2. The summed E-state index contributed by atoms with van der Waals surface area (Å²) in [7, 11) is 0. The summed E-state index contributed by atoms with van der Waals surface area (Å²) in [5, 5.41) is 0. The van der Waals surface area contributed by atoms with Crippen molar-refractivity contribution < 1.29 is 0 Å². The van der Waals surface area contributed by atoms with Crippen LogP contribution in [0.2, 0.25) is 0 Å². The van der Waals surface area contributed by atoms with Gasteiger partial charge in [0.1, 0.15) is 0 Å². The molecule has 0 amide bonds. The van der Waals surface area contributed by atoms with Crippen LogP contribution in [-0.2, 0) is 0 Å². The van der Waals surface area contributed by atoms with Crippen molar-refractivity contribution in [2.24, 2.45) is 9.98 Å². The highest BCUT2D eigenvalue weighted by molar-refractivity contribution is 6.50. The van der Waals surface area contributed by atoms with Crippen LogP contribution in [0, 0.1) is 0 Å². The minimum absolute atomic E-state index is 0.654. The molecule has 0 aliphatic rings. The van der Waals surface area contributed by atoms with Crippen molar-refractivity contribution in [1.82, 2.24) is 0 Å². The van der Waals surface area contributed by atoms with Crippen molar-refractivity contribution in [2.75, 3.05) is 0 Å². The van der Waals surface area contributed by atoms with Crippen LogP contribution in [0.5, 0.6) is 0 Å². The average molecular weight is 212 g/mol. The summed E-state index contributed by atoms with van der Waals surface area (Å²) < 4.78 is 0. The van der Waals surface area contributed by atoms with E-state index in [9.17, 15) is 0 Å². The van der Waals surface area contributed by atoms with Crippen molar-refractivity contribution >= 4 is 11.4 Å². The number of hydrogen-bond acceptors (Lipinski definition) is 2. The van der Waals surface area contributed by atoms with Gasteiger partial charge in [-0.15, -0.1) is 0 Å². The van der Waals surface area contributed by atoms with Gasteiger partial charge in [0.15, 0.2) is 0 Å². The SMILES string of the molecule is C=C\C=C/N=C(C=C)/C(C=C)=N/C=C\C=C. The molecule has 0 unspecified atom stereocenters. The van der Waals surface area contributed by atoms with Crippen LogP contribution in [0.25, 0.3) is 0 Å². The number of aliphatic imine (C=N–C) groups is 2. The third kappa shape index (κ3) is 5.50. The summed E-state index contributed by atoms with van der Waals surface area (Å²) in [5.74, 6) is 0. The molecule has 0 saturated heterocycles. The predicted molar refractivity (Wildman–Crippen MR) is 73.9 cm³/mol. The van der Waals surface area contributed by atoms with Crippen LogP contribution < -0.4 is 0 Å². The van der Waals surface area contributed by atoms with Gasteiger partial charge < -0.3 is 0 Å². The largest absolute Gasteiger partial charge is 0.255 e. The Morgan fingerprint density at radius 3 is 1.31 bits per heavy atom. The Labute approximate surface area is 97.1 Å². The monoisotopic (exact) mass is 212 g/mol. The Morgan fingerprint density at radius 2 is 1.06 bits per heavy atom. The summed E-state index contributed by atoms with van der Waals surface area (Å²) in [4.78, 5) is 8.33. The molecule has 0 heterocycles. The molecule has 0 aromatic heterocycles. The molecule has 0 aromatic rings. The van der Waals surface area contributed by atoms with Crippen molar-refractivity contribution in [1.29, 1.82) is 0 Å². The second-order valence-electron chi connectivity index (χ2n) is 2.59. The standard InChI is InChI=1S/C14H16N2/c1-5-9-11-15-13(7-3)14(8-4)16-12-10-6-2/h5-12H,1-4H2/b11-9-,12-10-,15-13+,16-14+. The quantitative estimate of drug-likeness (QED) is 0.454. The van der Waals surface area contributed by atoms with E-state index in [0.717, 1.165) is 0 Å². The van der Waals surface area contributed by atoms with E-state index in [1.165, 1.54) is 0 Å². The molecule has 16 heavy (non-hydrogen) atoms. The molecule has 0 rings (SSSR count). The molecule has 2 nitrogen and oxygen atoms in total. The van der Waals surface area contributed by atoms with E-state index in [4.69, 9.17) is 0 Å². The maximum Gasteiger partial charge on any atom is 0.0879 e. The molecular weight excluding hydrogens is 196 g/mol. The van der Waals surface area contributed by atoms with Crippen molar-refractivity contribution in [2.45, 2.75) is 0 Å². The van der Waals surface area contributed by atoms with Crippen molar-refractivity contribution in [3.05, 3.63) is 75.2 Å². The molecule has 82 valence electrons. The zero-order valence-corrected chi connectivity index (χ0v) is 9.34. The molecule has 0 radical (unpaired) electrons. The lowest BCUT2D eigenvalue weighted by Gasteiger charge is -1.97. The lowest BCUT2D eigenvalue weighted by Crippen LogP contribution is -2.07. The first-order chi connectivity index (χ1) is 7.79. The van der Waals surface area contributed by atoms with Gasteiger partial charge in [-0.05, 0) is 24.3 Å². The normalized spacial score (nSPS) is 13.0. The highest BCUT2D eigenvalue weighted by atomic mass is 14.8. The summed E-state index contributed by atoms with van der Waals surface area (Å²) in [5.41, 5.74) is 1.31. The number of allylic oxidation sites excluding steroid dienone is 6. The molecule has 2 heteroatoms. The maximum atomic E-state index is 4.17. The van der Waals surface area contributed by atoms with Gasteiger partial charge in [0.2, 0.25) is 0 Å². The molecule has 0 aliphatic carbocycles. The van der Waals surface area contributed by atoms with Crippen LogP contribution >= 0.6 is 0 Å². The Kier molecular flexibility index (Phi) is 8.04. The second-order valence-corrected chi connectivity index (χ2v) is 2.59. The van der Waals surface area contributed by atoms with Crippen LogP contribution in [0.15, 0.2) is 85.2 Å². The fraction of sp³-hybridized carbons (Fsp3) is 0. The smallest absolute Gasteiger partial charge is 0.0879 e. The maximum absolute atomic E-state index is 4.17. The van der Waals surface area contributed by atoms with E-state index in [2.05, 4.69) is 36.3 Å². The molecule has 0 aliphatic heterocycles. The molecule has 0 bridgehead atoms. The third-order valence-corrected chi connectivity index (χ3v) is 1.52. The summed E-state index contributed by atoms with van der Waals surface area (Å²) in [6.45, 7) is 14.5. The van der Waals surface area contributed by atoms with Crippen LogP contribution in [-0.4, -0.2) is 11.4 Å². The van der Waals surface area contributed by atoms with E-state index < -0.39 is 0 Å². The van der Waals surface area contributed by atoms with Gasteiger partial charge >= 0.3 is 0 Å². The summed E-state index contributed by atoms with van der Waals surface area (Å²) >= 11 is 0. The van der Waals surface area contributed by atoms with Crippen molar-refractivity contribution in [3.63, 3.8) is 0 Å². The fourth-order valence-electron chi connectivity index (χ4n) is 0.815. The zero-order chi connectivity index (χ0) is 12.2. The Morgan fingerprint density at radius 1 is 0.688 bits per heavy atom. The molecule has 0 atom stereocenters. The number of hydrogen-bond donors (Lipinski definition) is 0. The molecular formula is C14H16N2. The van der Waals surface area contributed by atoms with Gasteiger partial charge in [-0.25, -0.2) is 0 Å². The van der Waals surface area contributed by atoms with Gasteiger partial charge in [-0.2, -0.15) is 0 Å². The lowest BCUT2D eigenvalue weighted by molar-refractivity contribution is 1.54.